The van der Waals surface area contributed by atoms with Crippen molar-refractivity contribution in [1.29, 1.82) is 0 Å². The number of nitrogens with one attached hydrogen (secondary N) is 1. The van der Waals surface area contributed by atoms with Crippen molar-refractivity contribution in [3.8, 4) is 28.5 Å². The zero-order valence-electron chi connectivity index (χ0n) is 25.3. The van der Waals surface area contributed by atoms with Gasteiger partial charge in [-0.15, -0.1) is 29.6 Å². The summed E-state index contributed by atoms with van der Waals surface area (Å²) in [5, 5.41) is 9.27. The number of allylic oxidation sites excluding steroid dienone is 1. The van der Waals surface area contributed by atoms with Crippen LogP contribution in [0, 0.1) is 13.8 Å². The predicted octanol–water partition coefficient (Wildman–Crippen LogP) is 8.10. The normalized spacial score (nSPS) is 12.6. The van der Waals surface area contributed by atoms with Gasteiger partial charge in [0.05, 0.1) is 11.4 Å². The van der Waals surface area contributed by atoms with E-state index in [4.69, 9.17) is 0 Å². The summed E-state index contributed by atoms with van der Waals surface area (Å²) in [5.74, 6) is 0.433. The average molecular weight is 633 g/mol. The van der Waals surface area contributed by atoms with Gasteiger partial charge in [-0.3, -0.25) is 4.57 Å². The number of nitrogens with zero attached hydrogens (tertiary/aromatic N) is 5. The second kappa shape index (κ2) is 12.9. The first-order chi connectivity index (χ1) is 21.4. The molecule has 5 aromatic rings. The number of aryl methyl sites for hydroxylation is 2. The Bertz CT molecular complexity index is 1920. The minimum absolute atomic E-state index is 0.306. The lowest BCUT2D eigenvalue weighted by atomic mass is 9.96. The number of halogens is 3. The predicted molar refractivity (Wildman–Crippen MR) is 168 cm³/mol. The van der Waals surface area contributed by atoms with Gasteiger partial charge in [0.15, 0.2) is 10.6 Å². The summed E-state index contributed by atoms with van der Waals surface area (Å²) in [6, 6.07) is 18.5. The molecule has 0 bridgehead atoms. The number of hydrogen-bond donors (Lipinski definition) is 1. The average Bonchev–Trinajstić information content (AvgIpc) is 3.59. The summed E-state index contributed by atoms with van der Waals surface area (Å²) < 4.78 is 44.7. The van der Waals surface area contributed by atoms with Gasteiger partial charge in [-0.1, -0.05) is 50.2 Å². The van der Waals surface area contributed by atoms with Crippen molar-refractivity contribution >= 4 is 23.4 Å². The number of rotatable bonds is 7. The second-order valence-corrected chi connectivity index (χ2v) is 11.5. The van der Waals surface area contributed by atoms with E-state index in [-0.39, 0.29) is 5.75 Å². The summed E-state index contributed by atoms with van der Waals surface area (Å²) in [6.07, 6.45) is -1.44. The van der Waals surface area contributed by atoms with E-state index >= 15 is 0 Å². The fourth-order valence-corrected chi connectivity index (χ4v) is 5.86. The second-order valence-electron chi connectivity index (χ2n) is 10.7. The fraction of sp³-hybridized carbons (Fsp3) is 0.212. The molecule has 2 amide bonds. The van der Waals surface area contributed by atoms with Gasteiger partial charge in [0, 0.05) is 22.3 Å². The highest BCUT2D eigenvalue weighted by Gasteiger charge is 2.31. The molecule has 0 spiro atoms. The minimum atomic E-state index is -4.75. The fourth-order valence-electron chi connectivity index (χ4n) is 4.99. The summed E-state index contributed by atoms with van der Waals surface area (Å²) in [6.45, 7) is 10.2. The Kier molecular flexibility index (Phi) is 9.05. The number of benzene rings is 3. The van der Waals surface area contributed by atoms with Crippen LogP contribution in [-0.4, -0.2) is 31.7 Å². The van der Waals surface area contributed by atoms with Gasteiger partial charge in [0.25, 0.3) is 0 Å². The molecule has 0 saturated carbocycles. The van der Waals surface area contributed by atoms with Gasteiger partial charge in [-0.2, -0.15) is 4.99 Å². The van der Waals surface area contributed by atoms with Crippen LogP contribution in [0.5, 0.6) is 5.75 Å². The minimum Gasteiger partial charge on any atom is -0.406 e. The number of hydrogen-bond acceptors (Lipinski definition) is 5. The maximum absolute atomic E-state index is 12.9. The van der Waals surface area contributed by atoms with Crippen molar-refractivity contribution in [3.63, 3.8) is 0 Å². The van der Waals surface area contributed by atoms with Crippen molar-refractivity contribution in [3.05, 3.63) is 111 Å². The molecule has 0 radical (unpaired) electrons. The molecule has 1 N–H and O–H groups in total. The standard InChI is InChI=1S/C33H31F3N6O2S/c1-20(2)29-21(3)7-6-8-28(29)42-23(5)18-45-32(42)39-31(43)38-22(4)17-24-9-11-25(12-10-24)30-37-19-41(40-30)26-13-15-27(16-14-26)44-33(34,35)36/h6-20H,1-5H3,(H,38,43)/b22-17+,39-32-. The zero-order valence-corrected chi connectivity index (χ0v) is 26.1. The summed E-state index contributed by atoms with van der Waals surface area (Å²) >= 11 is 1.41. The highest BCUT2D eigenvalue weighted by molar-refractivity contribution is 7.07. The smallest absolute Gasteiger partial charge is 0.406 e. The molecule has 0 atom stereocenters. The first kappa shape index (κ1) is 31.5. The maximum Gasteiger partial charge on any atom is 0.573 e. The van der Waals surface area contributed by atoms with E-state index in [9.17, 15) is 18.0 Å². The van der Waals surface area contributed by atoms with Gasteiger partial charge in [0.2, 0.25) is 0 Å². The Morgan fingerprint density at radius 2 is 1.76 bits per heavy atom. The van der Waals surface area contributed by atoms with E-state index in [0.717, 1.165) is 22.5 Å². The molecule has 12 heteroatoms. The summed E-state index contributed by atoms with van der Waals surface area (Å²) in [4.78, 5) is 22.2. The van der Waals surface area contributed by atoms with Crippen LogP contribution in [0.1, 0.15) is 49.1 Å². The van der Waals surface area contributed by atoms with E-state index < -0.39 is 12.4 Å². The van der Waals surface area contributed by atoms with Crippen LogP contribution < -0.4 is 14.9 Å². The molecule has 0 unspecified atom stereocenters. The molecule has 5 rings (SSSR count). The molecule has 45 heavy (non-hydrogen) atoms. The lowest BCUT2D eigenvalue weighted by Gasteiger charge is -2.17. The number of ether oxygens (including phenoxy) is 1. The molecule has 232 valence electrons. The van der Waals surface area contributed by atoms with E-state index in [0.29, 0.717) is 27.9 Å². The molecule has 0 aliphatic rings. The van der Waals surface area contributed by atoms with Gasteiger partial charge >= 0.3 is 12.4 Å². The lowest BCUT2D eigenvalue weighted by molar-refractivity contribution is -0.274. The van der Waals surface area contributed by atoms with Crippen LogP contribution in [0.2, 0.25) is 0 Å². The quantitative estimate of drug-likeness (QED) is 0.197. The van der Waals surface area contributed by atoms with Crippen molar-refractivity contribution in [2.45, 2.75) is 46.9 Å². The highest BCUT2D eigenvalue weighted by atomic mass is 32.1. The third-order valence-electron chi connectivity index (χ3n) is 6.88. The zero-order chi connectivity index (χ0) is 32.3. The summed E-state index contributed by atoms with van der Waals surface area (Å²) in [5.41, 5.74) is 7.18. The van der Waals surface area contributed by atoms with Crippen LogP contribution in [0.3, 0.4) is 0 Å². The van der Waals surface area contributed by atoms with Crippen LogP contribution in [-0.2, 0) is 0 Å². The topological polar surface area (TPSA) is 86.3 Å². The first-order valence-electron chi connectivity index (χ1n) is 14.1. The monoisotopic (exact) mass is 632 g/mol. The number of alkyl halides is 3. The molecular weight excluding hydrogens is 601 g/mol. The van der Waals surface area contributed by atoms with Crippen LogP contribution in [0.25, 0.3) is 28.8 Å². The maximum atomic E-state index is 12.9. The molecule has 2 heterocycles. The summed E-state index contributed by atoms with van der Waals surface area (Å²) in [7, 11) is 0. The Labute approximate surface area is 262 Å². The van der Waals surface area contributed by atoms with E-state index in [1.165, 1.54) is 57.7 Å². The third kappa shape index (κ3) is 7.58. The van der Waals surface area contributed by atoms with Crippen molar-refractivity contribution in [2.24, 2.45) is 4.99 Å². The largest absolute Gasteiger partial charge is 0.573 e. The SMILES string of the molecule is C/C(=C\c1ccc(-c2ncn(-c3ccc(OC(F)(F)F)cc3)n2)cc1)NC(=O)/N=c1\scc(C)n1-c1cccc(C)c1C(C)C. The molecule has 0 saturated heterocycles. The van der Waals surface area contributed by atoms with Gasteiger partial charge in [-0.25, -0.2) is 14.5 Å². The molecule has 0 aliphatic heterocycles. The lowest BCUT2D eigenvalue weighted by Crippen LogP contribution is -2.24. The van der Waals surface area contributed by atoms with Crippen molar-refractivity contribution in [2.75, 3.05) is 0 Å². The molecule has 3 aromatic carbocycles. The van der Waals surface area contributed by atoms with Gasteiger partial charge in [0.1, 0.15) is 12.1 Å². The van der Waals surface area contributed by atoms with E-state index in [1.54, 1.807) is 6.92 Å². The number of aromatic nitrogens is 4. The number of thiazole rings is 1. The van der Waals surface area contributed by atoms with E-state index in [1.807, 2.05) is 53.3 Å². The Morgan fingerprint density at radius 3 is 2.42 bits per heavy atom. The van der Waals surface area contributed by atoms with Gasteiger partial charge < -0.3 is 10.1 Å². The number of carbonyl (C=O) groups is 1. The Hall–Kier alpha value is -4.97. The molecular formula is C33H31F3N6O2S. The molecule has 0 aliphatic carbocycles. The molecule has 8 nitrogen and oxygen atoms in total. The Balaban J connectivity index is 1.28. The third-order valence-corrected chi connectivity index (χ3v) is 7.82. The van der Waals surface area contributed by atoms with Crippen molar-refractivity contribution in [1.82, 2.24) is 24.6 Å². The van der Waals surface area contributed by atoms with Crippen molar-refractivity contribution < 1.29 is 22.7 Å². The van der Waals surface area contributed by atoms with E-state index in [2.05, 4.69) is 58.0 Å². The number of carbonyl (C=O) groups excluding carboxylic acids is 1. The molecule has 2 aromatic heterocycles. The molecule has 0 fully saturated rings. The first-order valence-corrected chi connectivity index (χ1v) is 15.0. The van der Waals surface area contributed by atoms with Crippen LogP contribution in [0.4, 0.5) is 18.0 Å². The number of urea groups is 1. The Morgan fingerprint density at radius 1 is 1.04 bits per heavy atom. The van der Waals surface area contributed by atoms with Crippen LogP contribution >= 0.6 is 11.3 Å². The number of amides is 2. The highest BCUT2D eigenvalue weighted by Crippen LogP contribution is 2.27. The van der Waals surface area contributed by atoms with Gasteiger partial charge in [-0.05, 0) is 79.8 Å². The van der Waals surface area contributed by atoms with Crippen LogP contribution in [0.15, 0.2) is 89.1 Å².